The molecule has 0 aromatic carbocycles. The molecular formula is C11H18O2. The SMILES string of the molecule is CC/C=C\CC(=O)OCCC1CC1. The third-order valence-electron chi connectivity index (χ3n) is 2.17. The first-order valence-electron chi connectivity index (χ1n) is 5.13. The maximum absolute atomic E-state index is 11.0. The van der Waals surface area contributed by atoms with E-state index in [2.05, 4.69) is 6.92 Å². The summed E-state index contributed by atoms with van der Waals surface area (Å²) in [5.74, 6) is 0.754. The van der Waals surface area contributed by atoms with Crippen molar-refractivity contribution in [1.29, 1.82) is 0 Å². The highest BCUT2D eigenvalue weighted by atomic mass is 16.5. The van der Waals surface area contributed by atoms with Gasteiger partial charge in [-0.1, -0.05) is 31.9 Å². The van der Waals surface area contributed by atoms with Gasteiger partial charge in [-0.05, 0) is 18.8 Å². The minimum atomic E-state index is -0.0923. The zero-order chi connectivity index (χ0) is 9.52. The first-order valence-corrected chi connectivity index (χ1v) is 5.13. The molecule has 0 aromatic rings. The fourth-order valence-corrected chi connectivity index (χ4v) is 1.15. The van der Waals surface area contributed by atoms with Gasteiger partial charge in [-0.2, -0.15) is 0 Å². The van der Waals surface area contributed by atoms with E-state index >= 15 is 0 Å². The van der Waals surface area contributed by atoms with E-state index in [9.17, 15) is 4.79 Å². The van der Waals surface area contributed by atoms with E-state index in [4.69, 9.17) is 4.74 Å². The molecule has 1 rings (SSSR count). The number of hydrogen-bond donors (Lipinski definition) is 0. The van der Waals surface area contributed by atoms with E-state index in [-0.39, 0.29) is 5.97 Å². The fraction of sp³-hybridized carbons (Fsp3) is 0.727. The Hall–Kier alpha value is -0.790. The van der Waals surface area contributed by atoms with Gasteiger partial charge in [0.25, 0.3) is 0 Å². The van der Waals surface area contributed by atoms with Crippen LogP contribution in [0.25, 0.3) is 0 Å². The second kappa shape index (κ2) is 5.79. The third kappa shape index (κ3) is 5.45. The maximum Gasteiger partial charge on any atom is 0.309 e. The van der Waals surface area contributed by atoms with Crippen LogP contribution < -0.4 is 0 Å². The van der Waals surface area contributed by atoms with Gasteiger partial charge in [0, 0.05) is 0 Å². The highest BCUT2D eigenvalue weighted by Crippen LogP contribution is 2.32. The number of rotatable bonds is 6. The van der Waals surface area contributed by atoms with Crippen LogP contribution in [0.2, 0.25) is 0 Å². The summed E-state index contributed by atoms with van der Waals surface area (Å²) in [6.07, 6.45) is 8.99. The van der Waals surface area contributed by atoms with Crippen LogP contribution in [-0.2, 0) is 9.53 Å². The van der Waals surface area contributed by atoms with Gasteiger partial charge in [-0.15, -0.1) is 0 Å². The summed E-state index contributed by atoms with van der Waals surface area (Å²) in [6, 6.07) is 0. The lowest BCUT2D eigenvalue weighted by Gasteiger charge is -2.00. The van der Waals surface area contributed by atoms with E-state index in [1.54, 1.807) is 0 Å². The Morgan fingerprint density at radius 1 is 1.46 bits per heavy atom. The summed E-state index contributed by atoms with van der Waals surface area (Å²) in [4.78, 5) is 11.0. The van der Waals surface area contributed by atoms with Crippen molar-refractivity contribution < 1.29 is 9.53 Å². The largest absolute Gasteiger partial charge is 0.465 e. The van der Waals surface area contributed by atoms with Crippen molar-refractivity contribution in [3.63, 3.8) is 0 Å². The van der Waals surface area contributed by atoms with Gasteiger partial charge in [-0.25, -0.2) is 0 Å². The molecule has 0 heterocycles. The molecule has 1 saturated carbocycles. The number of carbonyl (C=O) groups is 1. The summed E-state index contributed by atoms with van der Waals surface area (Å²) in [5.41, 5.74) is 0. The molecule has 0 N–H and O–H groups in total. The molecule has 2 nitrogen and oxygen atoms in total. The highest BCUT2D eigenvalue weighted by Gasteiger charge is 2.20. The average molecular weight is 182 g/mol. The molecule has 1 fully saturated rings. The van der Waals surface area contributed by atoms with E-state index in [0.717, 1.165) is 18.8 Å². The number of esters is 1. The lowest BCUT2D eigenvalue weighted by Crippen LogP contribution is -2.04. The van der Waals surface area contributed by atoms with Crippen molar-refractivity contribution >= 4 is 5.97 Å². The molecule has 0 aromatic heterocycles. The molecular weight excluding hydrogens is 164 g/mol. The first-order chi connectivity index (χ1) is 6.33. The van der Waals surface area contributed by atoms with E-state index in [1.165, 1.54) is 12.8 Å². The predicted octanol–water partition coefficient (Wildman–Crippen LogP) is 2.69. The Kier molecular flexibility index (Phi) is 4.58. The van der Waals surface area contributed by atoms with E-state index in [0.29, 0.717) is 13.0 Å². The molecule has 1 aliphatic carbocycles. The van der Waals surface area contributed by atoms with Gasteiger partial charge in [0.05, 0.1) is 13.0 Å². The Balaban J connectivity index is 1.93. The zero-order valence-corrected chi connectivity index (χ0v) is 8.29. The van der Waals surface area contributed by atoms with Crippen molar-refractivity contribution in [2.45, 2.75) is 39.0 Å². The Morgan fingerprint density at radius 3 is 2.85 bits per heavy atom. The lowest BCUT2D eigenvalue weighted by molar-refractivity contribution is -0.142. The zero-order valence-electron chi connectivity index (χ0n) is 8.29. The quantitative estimate of drug-likeness (QED) is 0.466. The van der Waals surface area contributed by atoms with Crippen LogP contribution in [0.4, 0.5) is 0 Å². The summed E-state index contributed by atoms with van der Waals surface area (Å²) in [5, 5.41) is 0. The lowest BCUT2D eigenvalue weighted by atomic mass is 10.3. The summed E-state index contributed by atoms with van der Waals surface area (Å²) in [7, 11) is 0. The van der Waals surface area contributed by atoms with Gasteiger partial charge in [0.1, 0.15) is 0 Å². The molecule has 0 spiro atoms. The standard InChI is InChI=1S/C11H18O2/c1-2-3-4-5-11(12)13-9-8-10-6-7-10/h3-4,10H,2,5-9H2,1H3/b4-3-. The van der Waals surface area contributed by atoms with Crippen molar-refractivity contribution in [1.82, 2.24) is 0 Å². The molecule has 0 bridgehead atoms. The first kappa shape index (κ1) is 10.3. The molecule has 0 atom stereocenters. The molecule has 2 heteroatoms. The summed E-state index contributed by atoms with van der Waals surface area (Å²) < 4.78 is 5.05. The van der Waals surface area contributed by atoms with E-state index < -0.39 is 0 Å². The smallest absolute Gasteiger partial charge is 0.309 e. The number of ether oxygens (including phenoxy) is 1. The summed E-state index contributed by atoms with van der Waals surface area (Å²) >= 11 is 0. The van der Waals surface area contributed by atoms with Crippen LogP contribution in [0.3, 0.4) is 0 Å². The van der Waals surface area contributed by atoms with Crippen LogP contribution in [0.1, 0.15) is 39.0 Å². The third-order valence-corrected chi connectivity index (χ3v) is 2.17. The van der Waals surface area contributed by atoms with Gasteiger partial charge < -0.3 is 4.74 Å². The van der Waals surface area contributed by atoms with Crippen LogP contribution in [0.5, 0.6) is 0 Å². The van der Waals surface area contributed by atoms with Crippen molar-refractivity contribution in [2.24, 2.45) is 5.92 Å². The minimum absolute atomic E-state index is 0.0923. The molecule has 0 radical (unpaired) electrons. The normalized spacial score (nSPS) is 16.4. The number of carbonyl (C=O) groups excluding carboxylic acids is 1. The summed E-state index contributed by atoms with van der Waals surface area (Å²) in [6.45, 7) is 2.67. The van der Waals surface area contributed by atoms with Gasteiger partial charge in [0.2, 0.25) is 0 Å². The molecule has 0 saturated heterocycles. The molecule has 0 aliphatic heterocycles. The van der Waals surface area contributed by atoms with Crippen molar-refractivity contribution in [3.05, 3.63) is 12.2 Å². The van der Waals surface area contributed by atoms with Crippen LogP contribution >= 0.6 is 0 Å². The monoisotopic (exact) mass is 182 g/mol. The molecule has 1 aliphatic rings. The molecule has 13 heavy (non-hydrogen) atoms. The topological polar surface area (TPSA) is 26.3 Å². The fourth-order valence-electron chi connectivity index (χ4n) is 1.15. The van der Waals surface area contributed by atoms with Gasteiger partial charge in [0.15, 0.2) is 0 Å². The second-order valence-electron chi connectivity index (χ2n) is 3.54. The van der Waals surface area contributed by atoms with Crippen LogP contribution in [0, 0.1) is 5.92 Å². The van der Waals surface area contributed by atoms with Crippen LogP contribution in [0.15, 0.2) is 12.2 Å². The second-order valence-corrected chi connectivity index (χ2v) is 3.54. The Labute approximate surface area is 80.0 Å². The van der Waals surface area contributed by atoms with Crippen molar-refractivity contribution in [3.8, 4) is 0 Å². The van der Waals surface area contributed by atoms with Crippen LogP contribution in [-0.4, -0.2) is 12.6 Å². The molecule has 0 unspecified atom stereocenters. The number of hydrogen-bond acceptors (Lipinski definition) is 2. The predicted molar refractivity (Wildman–Crippen MR) is 52.3 cm³/mol. The Bertz CT molecular complexity index is 181. The van der Waals surface area contributed by atoms with Gasteiger partial charge >= 0.3 is 5.97 Å². The minimum Gasteiger partial charge on any atom is -0.465 e. The van der Waals surface area contributed by atoms with Gasteiger partial charge in [-0.3, -0.25) is 4.79 Å². The highest BCUT2D eigenvalue weighted by molar-refractivity contribution is 5.71. The van der Waals surface area contributed by atoms with Crippen molar-refractivity contribution in [2.75, 3.05) is 6.61 Å². The maximum atomic E-state index is 11.0. The average Bonchev–Trinajstić information content (AvgIpc) is 2.89. The number of allylic oxidation sites excluding steroid dienone is 1. The molecule has 74 valence electrons. The molecule has 0 amide bonds. The Morgan fingerprint density at radius 2 is 2.23 bits per heavy atom. The van der Waals surface area contributed by atoms with E-state index in [1.807, 2.05) is 12.2 Å².